The summed E-state index contributed by atoms with van der Waals surface area (Å²) in [6, 6.07) is 21.6. The molecule has 0 radical (unpaired) electrons. The van der Waals surface area contributed by atoms with E-state index in [4.69, 9.17) is 0 Å². The summed E-state index contributed by atoms with van der Waals surface area (Å²) < 4.78 is 28.3. The molecule has 1 saturated heterocycles. The lowest BCUT2D eigenvalue weighted by atomic mass is 10.1. The lowest BCUT2D eigenvalue weighted by molar-refractivity contribution is 0.385. The second kappa shape index (κ2) is 7.17. The summed E-state index contributed by atoms with van der Waals surface area (Å²) in [6.45, 7) is 2.38. The molecule has 0 N–H and O–H groups in total. The molecule has 134 valence electrons. The summed E-state index contributed by atoms with van der Waals surface area (Å²) in [7, 11) is -3.42. The zero-order chi connectivity index (χ0) is 18.1. The molecule has 0 aromatic heterocycles. The van der Waals surface area contributed by atoms with Crippen molar-refractivity contribution in [1.82, 2.24) is 4.31 Å². The minimum absolute atomic E-state index is 0.372. The first-order valence-corrected chi connectivity index (χ1v) is 11.1. The Balaban J connectivity index is 1.54. The van der Waals surface area contributed by atoms with Crippen LogP contribution in [-0.4, -0.2) is 38.9 Å². The van der Waals surface area contributed by atoms with Crippen molar-refractivity contribution in [2.75, 3.05) is 31.1 Å². The summed E-state index contributed by atoms with van der Waals surface area (Å²) in [5.74, 6) is 0. The van der Waals surface area contributed by atoms with Crippen molar-refractivity contribution in [3.8, 4) is 0 Å². The van der Waals surface area contributed by atoms with Crippen molar-refractivity contribution in [2.45, 2.75) is 4.90 Å². The first-order valence-electron chi connectivity index (χ1n) is 8.54. The second-order valence-corrected chi connectivity index (χ2v) is 9.53. The molecule has 0 unspecified atom stereocenters. The third kappa shape index (κ3) is 3.33. The van der Waals surface area contributed by atoms with Gasteiger partial charge in [0.1, 0.15) is 0 Å². The number of rotatable bonds is 3. The number of hydrogen-bond donors (Lipinski definition) is 0. The van der Waals surface area contributed by atoms with Gasteiger partial charge in [0.15, 0.2) is 0 Å². The van der Waals surface area contributed by atoms with Gasteiger partial charge in [-0.2, -0.15) is 4.31 Å². The number of sulfonamides is 1. The number of nitrogens with zero attached hydrogens (tertiary/aromatic N) is 2. The Morgan fingerprint density at radius 3 is 2.15 bits per heavy atom. The molecule has 1 fully saturated rings. The van der Waals surface area contributed by atoms with Crippen LogP contribution in [0, 0.1) is 3.57 Å². The van der Waals surface area contributed by atoms with E-state index >= 15 is 0 Å². The highest BCUT2D eigenvalue weighted by molar-refractivity contribution is 14.1. The maximum absolute atomic E-state index is 12.9. The summed E-state index contributed by atoms with van der Waals surface area (Å²) in [6.07, 6.45) is 0. The van der Waals surface area contributed by atoms with Crippen LogP contribution in [0.3, 0.4) is 0 Å². The van der Waals surface area contributed by atoms with E-state index < -0.39 is 10.0 Å². The smallest absolute Gasteiger partial charge is 0.243 e. The fourth-order valence-electron chi connectivity index (χ4n) is 3.41. The number of anilines is 1. The van der Waals surface area contributed by atoms with E-state index in [0.717, 1.165) is 3.57 Å². The topological polar surface area (TPSA) is 40.6 Å². The fourth-order valence-corrected chi connectivity index (χ4v) is 5.19. The molecule has 1 heterocycles. The molecule has 0 bridgehead atoms. The predicted octanol–water partition coefficient (Wildman–Crippen LogP) is 3.96. The summed E-state index contributed by atoms with van der Waals surface area (Å²) in [4.78, 5) is 2.65. The van der Waals surface area contributed by atoms with E-state index in [1.54, 1.807) is 16.4 Å². The van der Waals surface area contributed by atoms with E-state index in [1.807, 2.05) is 24.3 Å². The summed E-state index contributed by atoms with van der Waals surface area (Å²) >= 11 is 2.18. The van der Waals surface area contributed by atoms with Gasteiger partial charge in [-0.3, -0.25) is 0 Å². The fraction of sp³-hybridized carbons (Fsp3) is 0.200. The molecule has 26 heavy (non-hydrogen) atoms. The van der Waals surface area contributed by atoms with Gasteiger partial charge in [0.2, 0.25) is 10.0 Å². The van der Waals surface area contributed by atoms with Crippen molar-refractivity contribution < 1.29 is 8.42 Å². The third-order valence-corrected chi connectivity index (χ3v) is 7.43. The first kappa shape index (κ1) is 17.8. The van der Waals surface area contributed by atoms with Gasteiger partial charge < -0.3 is 4.90 Å². The molecule has 4 rings (SSSR count). The Bertz CT molecular complexity index is 1020. The highest BCUT2D eigenvalue weighted by Crippen LogP contribution is 2.28. The molecular weight excluding hydrogens is 459 g/mol. The van der Waals surface area contributed by atoms with Gasteiger partial charge in [0.05, 0.1) is 4.90 Å². The van der Waals surface area contributed by atoms with Crippen molar-refractivity contribution in [3.63, 3.8) is 0 Å². The van der Waals surface area contributed by atoms with Gasteiger partial charge in [-0.1, -0.05) is 36.4 Å². The summed E-state index contributed by atoms with van der Waals surface area (Å²) in [5, 5.41) is 2.42. The number of hydrogen-bond acceptors (Lipinski definition) is 3. The number of benzene rings is 3. The van der Waals surface area contributed by atoms with Crippen molar-refractivity contribution in [2.24, 2.45) is 0 Å². The van der Waals surface area contributed by atoms with Gasteiger partial charge >= 0.3 is 0 Å². The van der Waals surface area contributed by atoms with E-state index in [0.29, 0.717) is 31.1 Å². The normalized spacial score (nSPS) is 16.1. The first-order chi connectivity index (χ1) is 12.6. The number of halogens is 1. The predicted molar refractivity (Wildman–Crippen MR) is 114 cm³/mol. The molecule has 1 aliphatic heterocycles. The Labute approximate surface area is 167 Å². The minimum atomic E-state index is -3.42. The maximum Gasteiger partial charge on any atom is 0.243 e. The molecule has 1 aliphatic rings. The van der Waals surface area contributed by atoms with Gasteiger partial charge in [-0.05, 0) is 58.3 Å². The van der Waals surface area contributed by atoms with E-state index in [9.17, 15) is 8.42 Å². The Morgan fingerprint density at radius 2 is 1.42 bits per heavy atom. The van der Waals surface area contributed by atoms with Crippen LogP contribution in [0.15, 0.2) is 71.6 Å². The molecule has 0 saturated carbocycles. The number of fused-ring (bicyclic) bond motifs is 1. The zero-order valence-electron chi connectivity index (χ0n) is 14.2. The summed E-state index contributed by atoms with van der Waals surface area (Å²) in [5.41, 5.74) is 1.18. The molecule has 3 aromatic rings. The quantitative estimate of drug-likeness (QED) is 0.536. The molecule has 0 atom stereocenters. The monoisotopic (exact) mass is 478 g/mol. The van der Waals surface area contributed by atoms with Crippen LogP contribution in [0.25, 0.3) is 10.8 Å². The standard InChI is InChI=1S/C20H19IN2O2S/c21-17-8-10-18(11-9-17)26(24,25)23-14-12-22(13-15-23)20-7-3-5-16-4-1-2-6-19(16)20/h1-11H,12-15H2. The van der Waals surface area contributed by atoms with Crippen LogP contribution < -0.4 is 4.90 Å². The molecule has 0 amide bonds. The SMILES string of the molecule is O=S(=O)(c1ccc(I)cc1)N1CCN(c2cccc3ccccc23)CC1. The van der Waals surface area contributed by atoms with E-state index in [-0.39, 0.29) is 0 Å². The second-order valence-electron chi connectivity index (χ2n) is 6.34. The van der Waals surface area contributed by atoms with E-state index in [1.165, 1.54) is 16.5 Å². The average Bonchev–Trinajstić information content (AvgIpc) is 2.68. The molecule has 4 nitrogen and oxygen atoms in total. The van der Waals surface area contributed by atoms with Gasteiger partial charge in [0.25, 0.3) is 0 Å². The highest BCUT2D eigenvalue weighted by atomic mass is 127. The van der Waals surface area contributed by atoms with Crippen molar-refractivity contribution >= 4 is 49.1 Å². The zero-order valence-corrected chi connectivity index (χ0v) is 17.2. The largest absolute Gasteiger partial charge is 0.368 e. The average molecular weight is 478 g/mol. The molecule has 6 heteroatoms. The lowest BCUT2D eigenvalue weighted by Gasteiger charge is -2.36. The van der Waals surface area contributed by atoms with Gasteiger partial charge in [-0.25, -0.2) is 8.42 Å². The van der Waals surface area contributed by atoms with Crippen LogP contribution in [0.5, 0.6) is 0 Å². The molecule has 0 aliphatic carbocycles. The molecular formula is C20H19IN2O2S. The van der Waals surface area contributed by atoms with Crippen LogP contribution in [0.2, 0.25) is 0 Å². The van der Waals surface area contributed by atoms with E-state index in [2.05, 4.69) is 57.8 Å². The lowest BCUT2D eigenvalue weighted by Crippen LogP contribution is -2.48. The van der Waals surface area contributed by atoms with Crippen LogP contribution >= 0.6 is 22.6 Å². The Kier molecular flexibility index (Phi) is 4.90. The highest BCUT2D eigenvalue weighted by Gasteiger charge is 2.28. The van der Waals surface area contributed by atoms with Crippen LogP contribution in [-0.2, 0) is 10.0 Å². The van der Waals surface area contributed by atoms with Crippen molar-refractivity contribution in [1.29, 1.82) is 0 Å². The minimum Gasteiger partial charge on any atom is -0.368 e. The number of piperazine rings is 1. The van der Waals surface area contributed by atoms with Crippen LogP contribution in [0.1, 0.15) is 0 Å². The van der Waals surface area contributed by atoms with Gasteiger partial charge in [-0.15, -0.1) is 0 Å². The molecule has 0 spiro atoms. The van der Waals surface area contributed by atoms with Crippen LogP contribution in [0.4, 0.5) is 5.69 Å². The van der Waals surface area contributed by atoms with Gasteiger partial charge in [0, 0.05) is 40.8 Å². The third-order valence-electron chi connectivity index (χ3n) is 4.80. The van der Waals surface area contributed by atoms with Crippen molar-refractivity contribution in [3.05, 3.63) is 70.3 Å². The molecule has 3 aromatic carbocycles. The Hall–Kier alpha value is -1.64. The Morgan fingerprint density at radius 1 is 0.769 bits per heavy atom. The maximum atomic E-state index is 12.9.